The summed E-state index contributed by atoms with van der Waals surface area (Å²) in [7, 11) is 0. The second-order valence-electron chi connectivity index (χ2n) is 3.81. The van der Waals surface area contributed by atoms with Crippen molar-refractivity contribution in [2.75, 3.05) is 4.90 Å². The fourth-order valence-electron chi connectivity index (χ4n) is 1.69. The van der Waals surface area contributed by atoms with Gasteiger partial charge in [0.05, 0.1) is 5.69 Å². The third-order valence-electron chi connectivity index (χ3n) is 2.56. The monoisotopic (exact) mass is 223 g/mol. The lowest BCUT2D eigenvalue weighted by Gasteiger charge is -2.14. The third kappa shape index (κ3) is 1.54. The summed E-state index contributed by atoms with van der Waals surface area (Å²) in [6, 6.07) is 3.43. The minimum atomic E-state index is -0.849. The van der Waals surface area contributed by atoms with Gasteiger partial charge in [-0.2, -0.15) is 0 Å². The summed E-state index contributed by atoms with van der Waals surface area (Å²) in [5, 5.41) is 9.01. The number of rotatable bonds is 1. The first-order chi connectivity index (χ1) is 7.50. The minimum Gasteiger partial charge on any atom is -0.505 e. The predicted molar refractivity (Wildman–Crippen MR) is 54.3 cm³/mol. The molecule has 1 fully saturated rings. The molecule has 0 saturated carbocycles. The van der Waals surface area contributed by atoms with Gasteiger partial charge in [0.1, 0.15) is 0 Å². The van der Waals surface area contributed by atoms with Crippen molar-refractivity contribution in [3.8, 4) is 5.75 Å². The molecule has 0 aliphatic carbocycles. The van der Waals surface area contributed by atoms with Crippen molar-refractivity contribution in [2.24, 2.45) is 5.92 Å². The number of phenols is 1. The van der Waals surface area contributed by atoms with Crippen LogP contribution in [0.15, 0.2) is 18.2 Å². The van der Waals surface area contributed by atoms with Crippen LogP contribution in [-0.2, 0) is 9.59 Å². The molecule has 1 unspecified atom stereocenters. The van der Waals surface area contributed by atoms with Gasteiger partial charge in [0.15, 0.2) is 11.6 Å². The standard InChI is InChI=1S/C11H10FNO3/c1-6-4-10(15)13(11(6)16)7-2-3-9(14)8(12)5-7/h2-3,5-6,14H,4H2,1H3. The van der Waals surface area contributed by atoms with E-state index in [9.17, 15) is 14.0 Å². The van der Waals surface area contributed by atoms with Crippen LogP contribution in [0.25, 0.3) is 0 Å². The summed E-state index contributed by atoms with van der Waals surface area (Å²) in [5.41, 5.74) is 0.162. The van der Waals surface area contributed by atoms with Crippen molar-refractivity contribution in [3.05, 3.63) is 24.0 Å². The minimum absolute atomic E-state index is 0.140. The Kier molecular flexibility index (Phi) is 2.38. The average Bonchev–Trinajstić information content (AvgIpc) is 2.47. The van der Waals surface area contributed by atoms with Gasteiger partial charge < -0.3 is 5.11 Å². The number of carbonyl (C=O) groups excluding carboxylic acids is 2. The maximum Gasteiger partial charge on any atom is 0.237 e. The Morgan fingerprint density at radius 1 is 1.44 bits per heavy atom. The molecule has 0 aromatic heterocycles. The van der Waals surface area contributed by atoms with E-state index < -0.39 is 11.6 Å². The molecule has 2 rings (SSSR count). The Hall–Kier alpha value is -1.91. The lowest BCUT2D eigenvalue weighted by Crippen LogP contribution is -2.29. The molecule has 1 aromatic rings. The van der Waals surface area contributed by atoms with E-state index in [4.69, 9.17) is 5.11 Å². The summed E-state index contributed by atoms with van der Waals surface area (Å²) in [5.74, 6) is -2.41. The molecule has 1 atom stereocenters. The molecular formula is C11H10FNO3. The molecule has 1 saturated heterocycles. The molecule has 4 nitrogen and oxygen atoms in total. The number of amides is 2. The van der Waals surface area contributed by atoms with Gasteiger partial charge in [-0.1, -0.05) is 6.92 Å². The van der Waals surface area contributed by atoms with E-state index in [0.29, 0.717) is 0 Å². The van der Waals surface area contributed by atoms with Gasteiger partial charge in [-0.3, -0.25) is 14.5 Å². The largest absolute Gasteiger partial charge is 0.505 e. The van der Waals surface area contributed by atoms with Gasteiger partial charge in [0.2, 0.25) is 11.8 Å². The maximum absolute atomic E-state index is 13.1. The van der Waals surface area contributed by atoms with Crippen LogP contribution in [0.4, 0.5) is 10.1 Å². The van der Waals surface area contributed by atoms with E-state index in [0.717, 1.165) is 17.0 Å². The first kappa shape index (κ1) is 10.6. The highest BCUT2D eigenvalue weighted by molar-refractivity contribution is 6.20. The number of imide groups is 1. The summed E-state index contributed by atoms with van der Waals surface area (Å²) in [6.45, 7) is 1.65. The summed E-state index contributed by atoms with van der Waals surface area (Å²) in [4.78, 5) is 24.1. The highest BCUT2D eigenvalue weighted by atomic mass is 19.1. The van der Waals surface area contributed by atoms with Gasteiger partial charge in [-0.05, 0) is 12.1 Å². The number of aromatic hydroxyl groups is 1. The zero-order valence-corrected chi connectivity index (χ0v) is 8.61. The van der Waals surface area contributed by atoms with Crippen molar-refractivity contribution in [1.29, 1.82) is 0 Å². The van der Waals surface area contributed by atoms with Crippen LogP contribution < -0.4 is 4.90 Å². The molecule has 0 spiro atoms. The SMILES string of the molecule is CC1CC(=O)N(c2ccc(O)c(F)c2)C1=O. The first-order valence-electron chi connectivity index (χ1n) is 4.86. The maximum atomic E-state index is 13.1. The summed E-state index contributed by atoms with van der Waals surface area (Å²) in [6.07, 6.45) is 0.140. The molecule has 84 valence electrons. The van der Waals surface area contributed by atoms with Crippen LogP contribution in [0.3, 0.4) is 0 Å². The van der Waals surface area contributed by atoms with Crippen LogP contribution >= 0.6 is 0 Å². The van der Waals surface area contributed by atoms with E-state index in [2.05, 4.69) is 0 Å². The van der Waals surface area contributed by atoms with E-state index in [1.165, 1.54) is 6.07 Å². The second kappa shape index (κ2) is 3.59. The molecule has 1 aliphatic heterocycles. The molecule has 2 amide bonds. The van der Waals surface area contributed by atoms with Gasteiger partial charge in [0.25, 0.3) is 0 Å². The van der Waals surface area contributed by atoms with E-state index >= 15 is 0 Å². The fraction of sp³-hybridized carbons (Fsp3) is 0.273. The Balaban J connectivity index is 2.41. The lowest BCUT2D eigenvalue weighted by atomic mass is 10.1. The highest BCUT2D eigenvalue weighted by Gasteiger charge is 2.36. The van der Waals surface area contributed by atoms with Gasteiger partial charge >= 0.3 is 0 Å². The lowest BCUT2D eigenvalue weighted by molar-refractivity contribution is -0.122. The van der Waals surface area contributed by atoms with Crippen LogP contribution in [0.1, 0.15) is 13.3 Å². The van der Waals surface area contributed by atoms with E-state index in [1.807, 2.05) is 0 Å². The zero-order valence-electron chi connectivity index (χ0n) is 8.61. The topological polar surface area (TPSA) is 57.6 Å². The number of benzene rings is 1. The number of anilines is 1. The number of carbonyl (C=O) groups is 2. The highest BCUT2D eigenvalue weighted by Crippen LogP contribution is 2.28. The summed E-state index contributed by atoms with van der Waals surface area (Å²) >= 11 is 0. The van der Waals surface area contributed by atoms with Gasteiger partial charge in [-0.25, -0.2) is 4.39 Å². The number of halogens is 1. The number of hydrogen-bond donors (Lipinski definition) is 1. The molecule has 0 bridgehead atoms. The molecule has 0 radical (unpaired) electrons. The van der Waals surface area contributed by atoms with Crippen molar-refractivity contribution < 1.29 is 19.1 Å². The van der Waals surface area contributed by atoms with Crippen molar-refractivity contribution in [1.82, 2.24) is 0 Å². The fourth-order valence-corrected chi connectivity index (χ4v) is 1.69. The average molecular weight is 223 g/mol. The second-order valence-corrected chi connectivity index (χ2v) is 3.81. The Morgan fingerprint density at radius 2 is 2.12 bits per heavy atom. The van der Waals surface area contributed by atoms with Crippen LogP contribution in [0.5, 0.6) is 5.75 Å². The van der Waals surface area contributed by atoms with Crippen molar-refractivity contribution in [2.45, 2.75) is 13.3 Å². The van der Waals surface area contributed by atoms with Crippen molar-refractivity contribution >= 4 is 17.5 Å². The number of hydrogen-bond acceptors (Lipinski definition) is 3. The van der Waals surface area contributed by atoms with Gasteiger partial charge in [-0.15, -0.1) is 0 Å². The molecule has 1 aliphatic rings. The predicted octanol–water partition coefficient (Wildman–Crippen LogP) is 1.43. The number of phenolic OH excluding ortho intramolecular Hbond substituents is 1. The molecule has 1 aromatic carbocycles. The van der Waals surface area contributed by atoms with Crippen LogP contribution in [-0.4, -0.2) is 16.9 Å². The zero-order chi connectivity index (χ0) is 11.9. The third-order valence-corrected chi connectivity index (χ3v) is 2.56. The molecule has 1 N–H and O–H groups in total. The number of nitrogens with zero attached hydrogens (tertiary/aromatic N) is 1. The van der Waals surface area contributed by atoms with E-state index in [1.54, 1.807) is 6.92 Å². The Labute approximate surface area is 91.3 Å². The van der Waals surface area contributed by atoms with E-state index in [-0.39, 0.29) is 29.8 Å². The molecule has 16 heavy (non-hydrogen) atoms. The molecule has 1 heterocycles. The normalized spacial score (nSPS) is 20.6. The Bertz CT molecular complexity index is 472. The smallest absolute Gasteiger partial charge is 0.237 e. The molecule has 5 heteroatoms. The Morgan fingerprint density at radius 3 is 2.62 bits per heavy atom. The van der Waals surface area contributed by atoms with Gasteiger partial charge in [0, 0.05) is 18.4 Å². The quantitative estimate of drug-likeness (QED) is 0.733. The molecular weight excluding hydrogens is 213 g/mol. The van der Waals surface area contributed by atoms with Crippen molar-refractivity contribution in [3.63, 3.8) is 0 Å². The summed E-state index contributed by atoms with van der Waals surface area (Å²) < 4.78 is 13.1. The van der Waals surface area contributed by atoms with Crippen LogP contribution in [0, 0.1) is 11.7 Å². The first-order valence-corrected chi connectivity index (χ1v) is 4.86. The van der Waals surface area contributed by atoms with Crippen LogP contribution in [0.2, 0.25) is 0 Å².